The van der Waals surface area contributed by atoms with Crippen molar-refractivity contribution >= 4 is 0 Å². The number of fused-ring (bicyclic) bond motifs is 9. The maximum Gasteiger partial charge on any atom is 0.0713 e. The number of benzene rings is 10. The first-order valence-electron chi connectivity index (χ1n) is 23.0. The predicted octanol–water partition coefficient (Wildman–Crippen LogP) is 16.1. The molecule has 0 nitrogen and oxygen atoms in total. The van der Waals surface area contributed by atoms with Gasteiger partial charge in [-0.3, -0.25) is 0 Å². The maximum atomic E-state index is 2.49. The van der Waals surface area contributed by atoms with Gasteiger partial charge in [0, 0.05) is 5.41 Å². The van der Waals surface area contributed by atoms with Gasteiger partial charge in [-0.1, -0.05) is 232 Å². The van der Waals surface area contributed by atoms with Crippen molar-refractivity contribution in [3.63, 3.8) is 0 Å². The monoisotopic (exact) mass is 826 g/mol. The normalized spacial score (nSPS) is 15.0. The summed E-state index contributed by atoms with van der Waals surface area (Å²) in [6.07, 6.45) is 0. The van der Waals surface area contributed by atoms with Gasteiger partial charge < -0.3 is 0 Å². The van der Waals surface area contributed by atoms with E-state index in [9.17, 15) is 0 Å². The Kier molecular flexibility index (Phi) is 8.18. The Morgan fingerprint density at radius 3 is 0.785 bits per heavy atom. The highest BCUT2D eigenvalue weighted by molar-refractivity contribution is 5.92. The van der Waals surface area contributed by atoms with Crippen LogP contribution in [-0.2, 0) is 16.2 Å². The van der Waals surface area contributed by atoms with Crippen LogP contribution in [0.15, 0.2) is 243 Å². The van der Waals surface area contributed by atoms with Crippen LogP contribution in [-0.4, -0.2) is 0 Å². The minimum absolute atomic E-state index is 0.202. The maximum absolute atomic E-state index is 2.49. The number of hydrogen-bond acceptors (Lipinski definition) is 0. The van der Waals surface area contributed by atoms with Gasteiger partial charge in [0.05, 0.1) is 10.8 Å². The van der Waals surface area contributed by atoms with E-state index in [1.54, 1.807) is 0 Å². The molecule has 0 saturated carbocycles. The quantitative estimate of drug-likeness (QED) is 0.157. The summed E-state index contributed by atoms with van der Waals surface area (Å²) in [6.45, 7) is 4.82. The smallest absolute Gasteiger partial charge is 0.0622 e. The Morgan fingerprint density at radius 2 is 0.462 bits per heavy atom. The van der Waals surface area contributed by atoms with Gasteiger partial charge in [0.1, 0.15) is 0 Å². The van der Waals surface area contributed by atoms with E-state index in [-0.39, 0.29) is 5.41 Å². The molecule has 0 unspecified atom stereocenters. The minimum Gasteiger partial charge on any atom is -0.0622 e. The average Bonchev–Trinajstić information content (AvgIpc) is 3.93. The third-order valence-corrected chi connectivity index (χ3v) is 15.3. The van der Waals surface area contributed by atoms with Crippen LogP contribution < -0.4 is 0 Å². The molecule has 13 rings (SSSR count). The lowest BCUT2D eigenvalue weighted by atomic mass is 9.67. The second-order valence-corrected chi connectivity index (χ2v) is 18.7. The first-order chi connectivity index (χ1) is 32.0. The van der Waals surface area contributed by atoms with E-state index >= 15 is 0 Å². The summed E-state index contributed by atoms with van der Waals surface area (Å²) < 4.78 is 0. The van der Waals surface area contributed by atoms with Crippen molar-refractivity contribution in [2.45, 2.75) is 30.1 Å². The van der Waals surface area contributed by atoms with Crippen LogP contribution in [0.3, 0.4) is 0 Å². The van der Waals surface area contributed by atoms with Crippen molar-refractivity contribution in [2.24, 2.45) is 0 Å². The highest BCUT2D eigenvalue weighted by Gasteiger charge is 2.48. The largest absolute Gasteiger partial charge is 0.0713 e. The lowest BCUT2D eigenvalue weighted by Crippen LogP contribution is -2.28. The summed E-state index contributed by atoms with van der Waals surface area (Å²) in [5.41, 5.74) is 25.0. The van der Waals surface area contributed by atoms with Crippen LogP contribution in [0.5, 0.6) is 0 Å². The summed E-state index contributed by atoms with van der Waals surface area (Å²) in [4.78, 5) is 0. The molecule has 0 aromatic heterocycles. The van der Waals surface area contributed by atoms with Gasteiger partial charge in [-0.2, -0.15) is 0 Å². The summed E-state index contributed by atoms with van der Waals surface area (Å²) in [7, 11) is 0. The van der Waals surface area contributed by atoms with Crippen LogP contribution in [0, 0.1) is 0 Å². The van der Waals surface area contributed by atoms with Crippen LogP contribution in [0.2, 0.25) is 0 Å². The number of rotatable bonds is 6. The van der Waals surface area contributed by atoms with Crippen molar-refractivity contribution < 1.29 is 0 Å². The molecule has 0 atom stereocenters. The number of hydrogen-bond donors (Lipinski definition) is 0. The summed E-state index contributed by atoms with van der Waals surface area (Å²) >= 11 is 0. The topological polar surface area (TPSA) is 0 Å². The molecular weight excluding hydrogens is 781 g/mol. The molecule has 65 heavy (non-hydrogen) atoms. The van der Waals surface area contributed by atoms with E-state index in [1.807, 2.05) is 0 Å². The molecule has 0 saturated heterocycles. The van der Waals surface area contributed by atoms with Crippen LogP contribution in [0.1, 0.15) is 69.5 Å². The van der Waals surface area contributed by atoms with E-state index in [0.717, 1.165) is 0 Å². The van der Waals surface area contributed by atoms with Gasteiger partial charge in [0.25, 0.3) is 0 Å². The molecule has 0 N–H and O–H groups in total. The summed E-state index contributed by atoms with van der Waals surface area (Å²) in [5, 5.41) is 0. The zero-order valence-electron chi connectivity index (χ0n) is 36.6. The Labute approximate surface area is 382 Å². The van der Waals surface area contributed by atoms with Crippen molar-refractivity contribution in [2.75, 3.05) is 0 Å². The molecule has 3 aliphatic carbocycles. The molecule has 306 valence electrons. The molecular formula is C65H46. The van der Waals surface area contributed by atoms with Gasteiger partial charge in [-0.05, 0) is 136 Å². The Hall–Kier alpha value is -7.80. The fourth-order valence-electron chi connectivity index (χ4n) is 12.3. The van der Waals surface area contributed by atoms with Gasteiger partial charge in [0.15, 0.2) is 0 Å². The summed E-state index contributed by atoms with van der Waals surface area (Å²) in [6, 6.07) is 91.2. The first kappa shape index (κ1) is 37.7. The van der Waals surface area contributed by atoms with E-state index in [4.69, 9.17) is 0 Å². The van der Waals surface area contributed by atoms with E-state index < -0.39 is 10.8 Å². The molecule has 10 aromatic carbocycles. The van der Waals surface area contributed by atoms with Crippen LogP contribution in [0.4, 0.5) is 0 Å². The standard InChI is InChI=1S/C65H46/c1-63(2)59-39-43(45-33-37-55-51-27-15-17-29-57(51)64(61(55)41-45,47-19-7-3-8-20-47)48-21-9-4-10-22-48)31-35-53(59)54-36-32-44(40-60(54)63)46-34-38-56-52-28-16-18-30-58(52)65(62(56)42-46,49-23-11-5-12-24-49)50-25-13-6-14-26-50/h3-42H,1-2H3. The predicted molar refractivity (Wildman–Crippen MR) is 269 cm³/mol. The Morgan fingerprint density at radius 1 is 0.215 bits per heavy atom. The molecule has 0 heterocycles. The van der Waals surface area contributed by atoms with Crippen molar-refractivity contribution in [1.82, 2.24) is 0 Å². The van der Waals surface area contributed by atoms with Gasteiger partial charge in [-0.25, -0.2) is 0 Å². The molecule has 0 fully saturated rings. The second-order valence-electron chi connectivity index (χ2n) is 18.7. The second kappa shape index (κ2) is 14.1. The Balaban J connectivity index is 0.923. The molecule has 0 spiro atoms. The zero-order valence-corrected chi connectivity index (χ0v) is 36.6. The summed E-state index contributed by atoms with van der Waals surface area (Å²) in [5.74, 6) is 0. The molecule has 0 bridgehead atoms. The van der Waals surface area contributed by atoms with Crippen molar-refractivity contribution in [3.05, 3.63) is 298 Å². The highest BCUT2D eigenvalue weighted by Crippen LogP contribution is 2.59. The third kappa shape index (κ3) is 5.20. The lowest BCUT2D eigenvalue weighted by Gasteiger charge is -2.34. The van der Waals surface area contributed by atoms with Crippen molar-refractivity contribution in [1.29, 1.82) is 0 Å². The van der Waals surface area contributed by atoms with E-state index in [0.29, 0.717) is 0 Å². The average molecular weight is 827 g/mol. The zero-order chi connectivity index (χ0) is 43.3. The first-order valence-corrected chi connectivity index (χ1v) is 23.0. The Bertz CT molecular complexity index is 3170. The molecule has 3 aliphatic rings. The molecule has 10 aromatic rings. The SMILES string of the molecule is CC1(C)c2cc(-c3ccc4c(c3)C(c3ccccc3)(c3ccccc3)c3ccccc3-4)ccc2-c2ccc(-c3ccc4c(c3)C(c3ccccc3)(c3ccccc3)c3ccccc3-4)cc21. The van der Waals surface area contributed by atoms with E-state index in [2.05, 4.69) is 257 Å². The molecule has 0 radical (unpaired) electrons. The lowest BCUT2D eigenvalue weighted by molar-refractivity contribution is 0.661. The van der Waals surface area contributed by atoms with Gasteiger partial charge >= 0.3 is 0 Å². The van der Waals surface area contributed by atoms with Gasteiger partial charge in [0.2, 0.25) is 0 Å². The minimum atomic E-state index is -0.435. The fraction of sp³-hybridized carbons (Fsp3) is 0.0769. The third-order valence-electron chi connectivity index (χ3n) is 15.3. The molecule has 0 aliphatic heterocycles. The van der Waals surface area contributed by atoms with Crippen LogP contribution in [0.25, 0.3) is 55.6 Å². The fourth-order valence-corrected chi connectivity index (χ4v) is 12.3. The van der Waals surface area contributed by atoms with E-state index in [1.165, 1.54) is 111 Å². The van der Waals surface area contributed by atoms with Crippen molar-refractivity contribution in [3.8, 4) is 55.6 Å². The molecule has 0 heteroatoms. The van der Waals surface area contributed by atoms with Gasteiger partial charge in [-0.15, -0.1) is 0 Å². The van der Waals surface area contributed by atoms with Crippen LogP contribution >= 0.6 is 0 Å². The highest BCUT2D eigenvalue weighted by atomic mass is 14.5. The molecule has 0 amide bonds.